The largest absolute Gasteiger partial charge is 0.385 e. The standard InChI is InChI=1S/C8H9N2.CH3/c1-2-7-3-5-8(10-9)6-4-7;/h3-6H,2H2,1H3;1H3/q+1;-1. The maximum Gasteiger partial charge on any atom is 0.385 e. The van der Waals surface area contributed by atoms with Crippen molar-refractivity contribution in [2.45, 2.75) is 13.3 Å². The van der Waals surface area contributed by atoms with Gasteiger partial charge in [-0.05, 0) is 12.0 Å². The number of rotatable bonds is 1. The molecule has 0 saturated carbocycles. The first-order valence-electron chi connectivity index (χ1n) is 3.31. The zero-order chi connectivity index (χ0) is 7.40. The second-order valence-electron chi connectivity index (χ2n) is 2.12. The maximum absolute atomic E-state index is 8.33. The Morgan fingerprint density at radius 2 is 1.82 bits per heavy atom. The Labute approximate surface area is 67.5 Å². The molecule has 0 atom stereocenters. The predicted molar refractivity (Wildman–Crippen MR) is 47.0 cm³/mol. The Hall–Kier alpha value is -1.36. The molecular weight excluding hydrogens is 136 g/mol. The minimum atomic E-state index is 0. The van der Waals surface area contributed by atoms with Gasteiger partial charge < -0.3 is 7.43 Å². The Morgan fingerprint density at radius 3 is 2.18 bits per heavy atom. The lowest BCUT2D eigenvalue weighted by Crippen LogP contribution is -1.75. The summed E-state index contributed by atoms with van der Waals surface area (Å²) in [7, 11) is 0. The zero-order valence-electron chi connectivity index (χ0n) is 6.91. The van der Waals surface area contributed by atoms with Crippen molar-refractivity contribution in [1.29, 1.82) is 5.39 Å². The van der Waals surface area contributed by atoms with Gasteiger partial charge in [0.25, 0.3) is 0 Å². The number of benzene rings is 1. The van der Waals surface area contributed by atoms with Gasteiger partial charge in [-0.1, -0.05) is 19.1 Å². The van der Waals surface area contributed by atoms with Crippen LogP contribution >= 0.6 is 0 Å². The first-order valence-corrected chi connectivity index (χ1v) is 3.31. The quantitative estimate of drug-likeness (QED) is 0.444. The molecular formula is C9H12N2. The smallest absolute Gasteiger partial charge is 0.358 e. The van der Waals surface area contributed by atoms with Gasteiger partial charge in [0, 0.05) is 12.1 Å². The molecule has 0 saturated heterocycles. The molecule has 58 valence electrons. The van der Waals surface area contributed by atoms with Crippen molar-refractivity contribution in [2.75, 3.05) is 0 Å². The van der Waals surface area contributed by atoms with Crippen LogP contribution in [-0.2, 0) is 6.42 Å². The maximum atomic E-state index is 8.33. The zero-order valence-corrected chi connectivity index (χ0v) is 6.91. The van der Waals surface area contributed by atoms with Crippen LogP contribution in [0.1, 0.15) is 12.5 Å². The van der Waals surface area contributed by atoms with Crippen LogP contribution in [0.5, 0.6) is 0 Å². The lowest BCUT2D eigenvalue weighted by molar-refractivity contribution is 1.14. The van der Waals surface area contributed by atoms with E-state index in [1.165, 1.54) is 5.56 Å². The van der Waals surface area contributed by atoms with Crippen LogP contribution in [0, 0.1) is 12.8 Å². The van der Waals surface area contributed by atoms with Crippen molar-refractivity contribution in [3.05, 3.63) is 42.2 Å². The van der Waals surface area contributed by atoms with Crippen LogP contribution in [0.25, 0.3) is 4.98 Å². The summed E-state index contributed by atoms with van der Waals surface area (Å²) in [6.07, 6.45) is 1.02. The third-order valence-corrected chi connectivity index (χ3v) is 1.46. The lowest BCUT2D eigenvalue weighted by Gasteiger charge is -1.88. The average molecular weight is 148 g/mol. The molecule has 0 aliphatic carbocycles. The van der Waals surface area contributed by atoms with Crippen LogP contribution < -0.4 is 0 Å². The summed E-state index contributed by atoms with van der Waals surface area (Å²) < 4.78 is 0. The topological polar surface area (TPSA) is 28.1 Å². The molecule has 0 spiro atoms. The van der Waals surface area contributed by atoms with Gasteiger partial charge in [-0.25, -0.2) is 0 Å². The van der Waals surface area contributed by atoms with Crippen molar-refractivity contribution in [3.63, 3.8) is 0 Å². The Balaban J connectivity index is 0.000001000. The molecule has 0 unspecified atom stereocenters. The fraction of sp³-hybridized carbons (Fsp3) is 0.222. The molecule has 2 heteroatoms. The van der Waals surface area contributed by atoms with Crippen LogP contribution in [0.3, 0.4) is 0 Å². The summed E-state index contributed by atoms with van der Waals surface area (Å²) in [6.45, 7) is 2.09. The molecule has 2 nitrogen and oxygen atoms in total. The fourth-order valence-corrected chi connectivity index (χ4v) is 0.798. The van der Waals surface area contributed by atoms with Gasteiger partial charge in [0.15, 0.2) is 4.98 Å². The van der Waals surface area contributed by atoms with E-state index in [4.69, 9.17) is 5.39 Å². The second-order valence-corrected chi connectivity index (χ2v) is 2.12. The molecule has 0 aliphatic rings. The van der Waals surface area contributed by atoms with Gasteiger partial charge in [-0.15, -0.1) is 0 Å². The molecule has 1 aromatic rings. The van der Waals surface area contributed by atoms with Gasteiger partial charge >= 0.3 is 5.69 Å². The number of diazo groups is 1. The van der Waals surface area contributed by atoms with E-state index < -0.39 is 0 Å². The van der Waals surface area contributed by atoms with Crippen molar-refractivity contribution in [3.8, 4) is 0 Å². The third kappa shape index (κ3) is 2.38. The van der Waals surface area contributed by atoms with E-state index in [-0.39, 0.29) is 7.43 Å². The third-order valence-electron chi connectivity index (χ3n) is 1.46. The van der Waals surface area contributed by atoms with Gasteiger partial charge in [-0.3, -0.25) is 0 Å². The SMILES string of the molecule is CCc1ccc([N+]#N)cc1.[CH3-]. The number of hydrogen-bond acceptors (Lipinski definition) is 1. The lowest BCUT2D eigenvalue weighted by atomic mass is 10.2. The number of nitrogens with zero attached hydrogens (tertiary/aromatic N) is 2. The summed E-state index contributed by atoms with van der Waals surface area (Å²) in [5.41, 5.74) is 1.87. The first kappa shape index (κ1) is 9.64. The molecule has 1 aromatic carbocycles. The highest BCUT2D eigenvalue weighted by Crippen LogP contribution is 2.12. The van der Waals surface area contributed by atoms with E-state index in [2.05, 4.69) is 11.9 Å². The molecule has 0 aromatic heterocycles. The monoisotopic (exact) mass is 148 g/mol. The Bertz CT molecular complexity index is 243. The highest BCUT2D eigenvalue weighted by molar-refractivity contribution is 5.44. The molecule has 0 bridgehead atoms. The molecule has 0 amide bonds. The van der Waals surface area contributed by atoms with E-state index in [0.29, 0.717) is 5.69 Å². The van der Waals surface area contributed by atoms with E-state index in [0.717, 1.165) is 6.42 Å². The molecule has 0 aliphatic heterocycles. The minimum Gasteiger partial charge on any atom is -0.358 e. The van der Waals surface area contributed by atoms with Crippen molar-refractivity contribution in [1.82, 2.24) is 0 Å². The fourth-order valence-electron chi connectivity index (χ4n) is 0.798. The molecule has 0 heterocycles. The average Bonchev–Trinajstić information content (AvgIpc) is 2.05. The normalized spacial score (nSPS) is 8.00. The van der Waals surface area contributed by atoms with Gasteiger partial charge in [0.2, 0.25) is 5.39 Å². The predicted octanol–water partition coefficient (Wildman–Crippen LogP) is 3.18. The highest BCUT2D eigenvalue weighted by Gasteiger charge is 2.00. The molecule has 1 rings (SSSR count). The second kappa shape index (κ2) is 4.45. The number of hydrogen-bond donors (Lipinski definition) is 0. The summed E-state index contributed by atoms with van der Waals surface area (Å²) in [4.78, 5) is 3.05. The molecule has 0 fully saturated rings. The Kier molecular flexibility index (Phi) is 3.90. The van der Waals surface area contributed by atoms with Crippen molar-refractivity contribution >= 4 is 5.69 Å². The number of aryl methyl sites for hydroxylation is 1. The van der Waals surface area contributed by atoms with Gasteiger partial charge in [-0.2, -0.15) is 0 Å². The molecule has 11 heavy (non-hydrogen) atoms. The van der Waals surface area contributed by atoms with E-state index in [9.17, 15) is 0 Å². The van der Waals surface area contributed by atoms with E-state index in [1.807, 2.05) is 12.1 Å². The van der Waals surface area contributed by atoms with E-state index in [1.54, 1.807) is 12.1 Å². The minimum absolute atomic E-state index is 0. The van der Waals surface area contributed by atoms with Gasteiger partial charge in [0.1, 0.15) is 0 Å². The highest BCUT2D eigenvalue weighted by atomic mass is 14.8. The first-order chi connectivity index (χ1) is 4.86. The van der Waals surface area contributed by atoms with Crippen molar-refractivity contribution in [2.24, 2.45) is 0 Å². The van der Waals surface area contributed by atoms with Crippen molar-refractivity contribution < 1.29 is 0 Å². The molecule has 0 N–H and O–H groups in total. The summed E-state index contributed by atoms with van der Waals surface area (Å²) >= 11 is 0. The summed E-state index contributed by atoms with van der Waals surface area (Å²) in [6, 6.07) is 7.49. The summed E-state index contributed by atoms with van der Waals surface area (Å²) in [5.74, 6) is 0. The molecule has 0 radical (unpaired) electrons. The summed E-state index contributed by atoms with van der Waals surface area (Å²) in [5, 5.41) is 8.33. The van der Waals surface area contributed by atoms with Gasteiger partial charge in [0.05, 0.1) is 0 Å². The van der Waals surface area contributed by atoms with Crippen LogP contribution in [0.4, 0.5) is 5.69 Å². The van der Waals surface area contributed by atoms with Crippen LogP contribution in [0.2, 0.25) is 0 Å². The Morgan fingerprint density at radius 1 is 1.27 bits per heavy atom. The van der Waals surface area contributed by atoms with Crippen LogP contribution in [-0.4, -0.2) is 0 Å². The van der Waals surface area contributed by atoms with Crippen LogP contribution in [0.15, 0.2) is 24.3 Å². The van der Waals surface area contributed by atoms with E-state index >= 15 is 0 Å².